The van der Waals surface area contributed by atoms with Gasteiger partial charge in [0.1, 0.15) is 5.82 Å². The highest BCUT2D eigenvalue weighted by molar-refractivity contribution is 5.60. The van der Waals surface area contributed by atoms with Crippen LogP contribution in [0.1, 0.15) is 26.7 Å². The SMILES string of the molecule is CCCC(O)CNc1nc(NCC)ccc1[N+](=O)[O-]. The lowest BCUT2D eigenvalue weighted by Crippen LogP contribution is -2.20. The lowest BCUT2D eigenvalue weighted by Gasteiger charge is -2.12. The zero-order chi connectivity index (χ0) is 14.3. The molecule has 0 saturated carbocycles. The minimum Gasteiger partial charge on any atom is -0.391 e. The van der Waals surface area contributed by atoms with E-state index in [0.29, 0.717) is 18.8 Å². The number of nitrogens with one attached hydrogen (secondary N) is 2. The van der Waals surface area contributed by atoms with Crippen molar-refractivity contribution in [2.24, 2.45) is 0 Å². The Balaban J connectivity index is 2.82. The van der Waals surface area contributed by atoms with Crippen LogP contribution in [0.2, 0.25) is 0 Å². The number of nitro groups is 1. The first-order valence-corrected chi connectivity index (χ1v) is 6.39. The summed E-state index contributed by atoms with van der Waals surface area (Å²) >= 11 is 0. The Morgan fingerprint density at radius 1 is 1.42 bits per heavy atom. The van der Waals surface area contributed by atoms with E-state index in [1.807, 2.05) is 13.8 Å². The number of rotatable bonds is 8. The number of aliphatic hydroxyl groups is 1. The third kappa shape index (κ3) is 4.70. The van der Waals surface area contributed by atoms with Crippen molar-refractivity contribution in [3.8, 4) is 0 Å². The van der Waals surface area contributed by atoms with Gasteiger partial charge in [0.2, 0.25) is 5.82 Å². The van der Waals surface area contributed by atoms with E-state index in [9.17, 15) is 15.2 Å². The molecule has 19 heavy (non-hydrogen) atoms. The lowest BCUT2D eigenvalue weighted by molar-refractivity contribution is -0.384. The fourth-order valence-corrected chi connectivity index (χ4v) is 1.66. The van der Waals surface area contributed by atoms with Crippen LogP contribution in [0.3, 0.4) is 0 Å². The van der Waals surface area contributed by atoms with E-state index in [-0.39, 0.29) is 18.1 Å². The minimum absolute atomic E-state index is 0.0923. The highest BCUT2D eigenvalue weighted by Gasteiger charge is 2.16. The zero-order valence-electron chi connectivity index (χ0n) is 11.2. The van der Waals surface area contributed by atoms with E-state index in [4.69, 9.17) is 0 Å². The van der Waals surface area contributed by atoms with Gasteiger partial charge in [-0.1, -0.05) is 13.3 Å². The molecule has 0 fully saturated rings. The fraction of sp³-hybridized carbons (Fsp3) is 0.583. The van der Waals surface area contributed by atoms with Crippen LogP contribution < -0.4 is 10.6 Å². The summed E-state index contributed by atoms with van der Waals surface area (Å²) in [4.78, 5) is 14.6. The van der Waals surface area contributed by atoms with Gasteiger partial charge < -0.3 is 15.7 Å². The fourth-order valence-electron chi connectivity index (χ4n) is 1.66. The minimum atomic E-state index is -0.533. The second-order valence-corrected chi connectivity index (χ2v) is 4.18. The molecule has 1 aromatic rings. The van der Waals surface area contributed by atoms with Crippen molar-refractivity contribution in [2.75, 3.05) is 23.7 Å². The summed E-state index contributed by atoms with van der Waals surface area (Å²) in [5.74, 6) is 0.749. The lowest BCUT2D eigenvalue weighted by atomic mass is 10.2. The van der Waals surface area contributed by atoms with E-state index < -0.39 is 11.0 Å². The predicted octanol–water partition coefficient (Wildman–Crippen LogP) is 1.99. The van der Waals surface area contributed by atoms with E-state index in [2.05, 4.69) is 15.6 Å². The molecule has 1 rings (SSSR count). The van der Waals surface area contributed by atoms with Gasteiger partial charge in [-0.3, -0.25) is 10.1 Å². The number of hydrogen-bond donors (Lipinski definition) is 3. The monoisotopic (exact) mass is 268 g/mol. The first-order chi connectivity index (χ1) is 9.08. The van der Waals surface area contributed by atoms with Crippen molar-refractivity contribution in [3.05, 3.63) is 22.2 Å². The summed E-state index contributed by atoms with van der Waals surface area (Å²) in [6.45, 7) is 4.82. The van der Waals surface area contributed by atoms with Gasteiger partial charge in [0.15, 0.2) is 0 Å². The molecule has 7 heteroatoms. The van der Waals surface area contributed by atoms with Gasteiger partial charge >= 0.3 is 5.69 Å². The van der Waals surface area contributed by atoms with Crippen LogP contribution >= 0.6 is 0 Å². The molecule has 0 bridgehead atoms. The molecule has 106 valence electrons. The topological polar surface area (TPSA) is 100 Å². The standard InChI is InChI=1S/C12H20N4O3/c1-3-5-9(17)8-14-12-10(16(18)19)6-7-11(15-12)13-4-2/h6-7,9,17H,3-5,8H2,1-2H3,(H2,13,14,15). The van der Waals surface area contributed by atoms with E-state index in [0.717, 1.165) is 6.42 Å². The number of aromatic nitrogens is 1. The quantitative estimate of drug-likeness (QED) is 0.492. The van der Waals surface area contributed by atoms with Crippen LogP contribution in [0.5, 0.6) is 0 Å². The number of anilines is 2. The van der Waals surface area contributed by atoms with Crippen molar-refractivity contribution in [3.63, 3.8) is 0 Å². The van der Waals surface area contributed by atoms with Crippen LogP contribution in [0, 0.1) is 10.1 Å². The molecule has 1 atom stereocenters. The molecule has 0 aliphatic carbocycles. The molecule has 3 N–H and O–H groups in total. The molecule has 0 amide bonds. The number of aliphatic hydroxyl groups excluding tert-OH is 1. The average Bonchev–Trinajstić information content (AvgIpc) is 2.37. The summed E-state index contributed by atoms with van der Waals surface area (Å²) < 4.78 is 0. The van der Waals surface area contributed by atoms with Crippen molar-refractivity contribution in [1.29, 1.82) is 0 Å². The third-order valence-corrected chi connectivity index (χ3v) is 2.56. The van der Waals surface area contributed by atoms with Gasteiger partial charge in [-0.15, -0.1) is 0 Å². The highest BCUT2D eigenvalue weighted by Crippen LogP contribution is 2.23. The Kier molecular flexibility index (Phi) is 6.01. The number of nitrogens with zero attached hydrogens (tertiary/aromatic N) is 2. The molecule has 0 aliphatic rings. The van der Waals surface area contributed by atoms with Crippen molar-refractivity contribution in [1.82, 2.24) is 4.98 Å². The normalized spacial score (nSPS) is 11.9. The van der Waals surface area contributed by atoms with Crippen LogP contribution in [0.15, 0.2) is 12.1 Å². The zero-order valence-corrected chi connectivity index (χ0v) is 11.2. The molecule has 1 heterocycles. The second-order valence-electron chi connectivity index (χ2n) is 4.18. The van der Waals surface area contributed by atoms with E-state index in [1.165, 1.54) is 6.07 Å². The molecule has 0 radical (unpaired) electrons. The van der Waals surface area contributed by atoms with Gasteiger partial charge in [0, 0.05) is 19.2 Å². The van der Waals surface area contributed by atoms with Gasteiger partial charge in [-0.2, -0.15) is 0 Å². The summed E-state index contributed by atoms with van der Waals surface area (Å²) in [6.07, 6.45) is 0.970. The molecular weight excluding hydrogens is 248 g/mol. The summed E-state index contributed by atoms with van der Waals surface area (Å²) in [5, 5.41) is 26.4. The molecule has 0 aliphatic heterocycles. The maximum absolute atomic E-state index is 10.9. The summed E-state index contributed by atoms with van der Waals surface area (Å²) in [6, 6.07) is 2.97. The molecule has 0 spiro atoms. The van der Waals surface area contributed by atoms with Crippen LogP contribution in [0.4, 0.5) is 17.3 Å². The molecular formula is C12H20N4O3. The van der Waals surface area contributed by atoms with Crippen LogP contribution in [-0.4, -0.2) is 34.2 Å². The Morgan fingerprint density at radius 3 is 2.74 bits per heavy atom. The van der Waals surface area contributed by atoms with Crippen molar-refractivity contribution < 1.29 is 10.0 Å². The Bertz CT molecular complexity index is 425. The number of hydrogen-bond acceptors (Lipinski definition) is 6. The molecule has 0 saturated heterocycles. The van der Waals surface area contributed by atoms with Gasteiger partial charge in [-0.05, 0) is 19.4 Å². The van der Waals surface area contributed by atoms with E-state index in [1.54, 1.807) is 6.07 Å². The summed E-state index contributed by atoms with van der Waals surface area (Å²) in [7, 11) is 0. The largest absolute Gasteiger partial charge is 0.391 e. The predicted molar refractivity (Wildman–Crippen MR) is 74.5 cm³/mol. The molecule has 0 aromatic carbocycles. The van der Waals surface area contributed by atoms with Crippen molar-refractivity contribution >= 4 is 17.3 Å². The first-order valence-electron chi connectivity index (χ1n) is 6.39. The molecule has 7 nitrogen and oxygen atoms in total. The van der Waals surface area contributed by atoms with Gasteiger partial charge in [-0.25, -0.2) is 4.98 Å². The van der Waals surface area contributed by atoms with Gasteiger partial charge in [0.05, 0.1) is 11.0 Å². The maximum atomic E-state index is 10.9. The summed E-state index contributed by atoms with van der Waals surface area (Å²) in [5.41, 5.74) is -0.0923. The van der Waals surface area contributed by atoms with E-state index >= 15 is 0 Å². The van der Waals surface area contributed by atoms with Crippen molar-refractivity contribution in [2.45, 2.75) is 32.8 Å². The Labute approximate surface area is 112 Å². The smallest absolute Gasteiger partial charge is 0.311 e. The van der Waals surface area contributed by atoms with Crippen LogP contribution in [-0.2, 0) is 0 Å². The third-order valence-electron chi connectivity index (χ3n) is 2.56. The Morgan fingerprint density at radius 2 is 2.16 bits per heavy atom. The average molecular weight is 268 g/mol. The Hall–Kier alpha value is -1.89. The second kappa shape index (κ2) is 7.52. The molecule has 1 unspecified atom stereocenters. The first kappa shape index (κ1) is 15.2. The number of pyridine rings is 1. The highest BCUT2D eigenvalue weighted by atomic mass is 16.6. The molecule has 1 aromatic heterocycles. The van der Waals surface area contributed by atoms with Gasteiger partial charge in [0.25, 0.3) is 0 Å². The van der Waals surface area contributed by atoms with Crippen LogP contribution in [0.25, 0.3) is 0 Å². The maximum Gasteiger partial charge on any atom is 0.311 e.